The van der Waals surface area contributed by atoms with Gasteiger partial charge in [-0.1, -0.05) is 26.0 Å². The van der Waals surface area contributed by atoms with Crippen LogP contribution in [-0.4, -0.2) is 27.4 Å². The van der Waals surface area contributed by atoms with Crippen molar-refractivity contribution in [2.45, 2.75) is 39.8 Å². The minimum Gasteiger partial charge on any atom is -0.348 e. The lowest BCUT2D eigenvalue weighted by molar-refractivity contribution is -0.129. The molecule has 1 aromatic heterocycles. The van der Waals surface area contributed by atoms with E-state index >= 15 is 0 Å². The van der Waals surface area contributed by atoms with Crippen LogP contribution in [0, 0.1) is 5.92 Å². The number of nitrogens with one attached hydrogen (secondary N) is 2. The number of carbonyl (C=O) groups excluding carboxylic acids is 2. The van der Waals surface area contributed by atoms with Crippen molar-refractivity contribution < 1.29 is 9.59 Å². The fraction of sp³-hybridized carbons (Fsp3) is 0.389. The van der Waals surface area contributed by atoms with Crippen LogP contribution >= 0.6 is 0 Å². The number of hydrogen-bond donors (Lipinski definition) is 2. The number of benzene rings is 1. The zero-order valence-electron chi connectivity index (χ0n) is 14.5. The number of aromatic nitrogens is 2. The second kappa shape index (κ2) is 7.77. The summed E-state index contributed by atoms with van der Waals surface area (Å²) in [6, 6.07) is 7.23. The number of nitrogens with zero attached hydrogens (tertiary/aromatic N) is 2. The summed E-state index contributed by atoms with van der Waals surface area (Å²) in [5, 5.41) is 5.67. The van der Waals surface area contributed by atoms with Gasteiger partial charge < -0.3 is 15.2 Å². The normalized spacial score (nSPS) is 13.4. The average molecular weight is 328 g/mol. The standard InChI is InChI=1S/C18H24N4O2/c1-12(2)17(21-14(4)23)18(24)20-13(3)15-5-7-16(8-6-15)22-10-9-19-11-22/h5-13,17H,1-4H3,(H,20,24)(H,21,23)/t13-,17-/m0/s1. The SMILES string of the molecule is CC(=O)N[C@H](C(=O)N[C@@H](C)c1ccc(-n2ccnc2)cc1)C(C)C. The van der Waals surface area contributed by atoms with E-state index < -0.39 is 6.04 Å². The molecular weight excluding hydrogens is 304 g/mol. The molecule has 0 unspecified atom stereocenters. The van der Waals surface area contributed by atoms with Crippen LogP contribution in [-0.2, 0) is 9.59 Å². The second-order valence-corrected chi connectivity index (χ2v) is 6.21. The van der Waals surface area contributed by atoms with Crippen LogP contribution in [0.1, 0.15) is 39.3 Å². The maximum absolute atomic E-state index is 12.4. The molecule has 2 N–H and O–H groups in total. The van der Waals surface area contributed by atoms with Crippen molar-refractivity contribution in [2.24, 2.45) is 5.92 Å². The third kappa shape index (κ3) is 4.44. The van der Waals surface area contributed by atoms with Crippen molar-refractivity contribution in [3.8, 4) is 5.69 Å². The lowest BCUT2D eigenvalue weighted by Gasteiger charge is -2.23. The Morgan fingerprint density at radius 3 is 2.25 bits per heavy atom. The third-order valence-corrected chi connectivity index (χ3v) is 3.86. The highest BCUT2D eigenvalue weighted by Crippen LogP contribution is 2.16. The summed E-state index contributed by atoms with van der Waals surface area (Å²) in [4.78, 5) is 27.7. The van der Waals surface area contributed by atoms with Gasteiger partial charge in [0, 0.05) is 25.0 Å². The van der Waals surface area contributed by atoms with Gasteiger partial charge in [0.1, 0.15) is 6.04 Å². The third-order valence-electron chi connectivity index (χ3n) is 3.86. The fourth-order valence-corrected chi connectivity index (χ4v) is 2.49. The van der Waals surface area contributed by atoms with E-state index in [1.807, 2.05) is 55.8 Å². The van der Waals surface area contributed by atoms with Crippen molar-refractivity contribution in [1.82, 2.24) is 20.2 Å². The zero-order chi connectivity index (χ0) is 17.7. The summed E-state index contributed by atoms with van der Waals surface area (Å²) in [6.45, 7) is 7.16. The predicted molar refractivity (Wildman–Crippen MR) is 92.6 cm³/mol. The van der Waals surface area contributed by atoms with Crippen molar-refractivity contribution in [2.75, 3.05) is 0 Å². The van der Waals surface area contributed by atoms with Crippen LogP contribution in [0.5, 0.6) is 0 Å². The van der Waals surface area contributed by atoms with Gasteiger partial charge in [-0.25, -0.2) is 4.98 Å². The van der Waals surface area contributed by atoms with Crippen molar-refractivity contribution >= 4 is 11.8 Å². The van der Waals surface area contributed by atoms with Gasteiger partial charge in [-0.3, -0.25) is 9.59 Å². The minimum atomic E-state index is -0.532. The summed E-state index contributed by atoms with van der Waals surface area (Å²) in [5.74, 6) is -0.364. The Hall–Kier alpha value is -2.63. The van der Waals surface area contributed by atoms with Gasteiger partial charge in [-0.2, -0.15) is 0 Å². The van der Waals surface area contributed by atoms with E-state index in [1.165, 1.54) is 6.92 Å². The van der Waals surface area contributed by atoms with E-state index in [9.17, 15) is 9.59 Å². The Balaban J connectivity index is 2.04. The number of rotatable bonds is 6. The molecule has 0 radical (unpaired) electrons. The van der Waals surface area contributed by atoms with Crippen LogP contribution in [0.25, 0.3) is 5.69 Å². The van der Waals surface area contributed by atoms with E-state index in [2.05, 4.69) is 15.6 Å². The largest absolute Gasteiger partial charge is 0.348 e. The van der Waals surface area contributed by atoms with Gasteiger partial charge in [0.05, 0.1) is 12.4 Å². The number of hydrogen-bond acceptors (Lipinski definition) is 3. The summed E-state index contributed by atoms with van der Waals surface area (Å²) in [6.07, 6.45) is 5.34. The molecule has 0 aliphatic heterocycles. The van der Waals surface area contributed by atoms with Crippen molar-refractivity contribution in [1.29, 1.82) is 0 Å². The highest BCUT2D eigenvalue weighted by molar-refractivity contribution is 5.87. The molecular formula is C18H24N4O2. The molecule has 128 valence electrons. The second-order valence-electron chi connectivity index (χ2n) is 6.21. The Kier molecular flexibility index (Phi) is 5.73. The molecule has 0 spiro atoms. The van der Waals surface area contributed by atoms with Gasteiger partial charge in [-0.15, -0.1) is 0 Å². The van der Waals surface area contributed by atoms with Gasteiger partial charge in [0.15, 0.2) is 0 Å². The first-order chi connectivity index (χ1) is 11.4. The molecule has 6 nitrogen and oxygen atoms in total. The molecule has 0 bridgehead atoms. The molecule has 0 saturated carbocycles. The van der Waals surface area contributed by atoms with Crippen LogP contribution in [0.2, 0.25) is 0 Å². The van der Waals surface area contributed by atoms with E-state index in [0.29, 0.717) is 0 Å². The lowest BCUT2D eigenvalue weighted by Crippen LogP contribution is -2.49. The van der Waals surface area contributed by atoms with Crippen LogP contribution in [0.4, 0.5) is 0 Å². The maximum Gasteiger partial charge on any atom is 0.243 e. The molecule has 24 heavy (non-hydrogen) atoms. The Labute approximate surface area is 142 Å². The first-order valence-electron chi connectivity index (χ1n) is 8.04. The molecule has 0 saturated heterocycles. The zero-order valence-corrected chi connectivity index (χ0v) is 14.5. The first kappa shape index (κ1) is 17.7. The predicted octanol–water partition coefficient (Wildman–Crippen LogP) is 2.21. The highest BCUT2D eigenvalue weighted by atomic mass is 16.2. The van der Waals surface area contributed by atoms with Crippen LogP contribution in [0.15, 0.2) is 43.0 Å². The fourth-order valence-electron chi connectivity index (χ4n) is 2.49. The average Bonchev–Trinajstić information content (AvgIpc) is 3.06. The summed E-state index contributed by atoms with van der Waals surface area (Å²) in [7, 11) is 0. The van der Waals surface area contributed by atoms with E-state index in [0.717, 1.165) is 11.3 Å². The van der Waals surface area contributed by atoms with Crippen LogP contribution in [0.3, 0.4) is 0 Å². The molecule has 0 fully saturated rings. The Morgan fingerprint density at radius 2 is 1.75 bits per heavy atom. The Morgan fingerprint density at radius 1 is 1.08 bits per heavy atom. The monoisotopic (exact) mass is 328 g/mol. The quantitative estimate of drug-likeness (QED) is 0.853. The lowest BCUT2D eigenvalue weighted by atomic mass is 10.0. The van der Waals surface area contributed by atoms with Gasteiger partial charge >= 0.3 is 0 Å². The molecule has 2 aromatic rings. The van der Waals surface area contributed by atoms with Crippen LogP contribution < -0.4 is 10.6 Å². The highest BCUT2D eigenvalue weighted by Gasteiger charge is 2.24. The molecule has 6 heteroatoms. The number of carbonyl (C=O) groups is 2. The minimum absolute atomic E-state index is 0.0183. The molecule has 2 rings (SSSR count). The van der Waals surface area contributed by atoms with E-state index in [1.54, 1.807) is 12.5 Å². The first-order valence-corrected chi connectivity index (χ1v) is 8.04. The molecule has 2 amide bonds. The van der Waals surface area contributed by atoms with Gasteiger partial charge in [-0.05, 0) is 30.5 Å². The van der Waals surface area contributed by atoms with E-state index in [-0.39, 0.29) is 23.8 Å². The molecule has 2 atom stereocenters. The van der Waals surface area contributed by atoms with Gasteiger partial charge in [0.25, 0.3) is 0 Å². The number of imidazole rings is 1. The topological polar surface area (TPSA) is 76.0 Å². The molecule has 0 aliphatic carbocycles. The van der Waals surface area contributed by atoms with Crippen molar-refractivity contribution in [3.63, 3.8) is 0 Å². The Bertz CT molecular complexity index is 678. The summed E-state index contributed by atoms with van der Waals surface area (Å²) >= 11 is 0. The summed E-state index contributed by atoms with van der Waals surface area (Å²) < 4.78 is 1.92. The number of amides is 2. The maximum atomic E-state index is 12.4. The molecule has 1 aromatic carbocycles. The van der Waals surface area contributed by atoms with E-state index in [4.69, 9.17) is 0 Å². The summed E-state index contributed by atoms with van der Waals surface area (Å²) in [5.41, 5.74) is 2.01. The molecule has 0 aliphatic rings. The van der Waals surface area contributed by atoms with Crippen molar-refractivity contribution in [3.05, 3.63) is 48.5 Å². The smallest absolute Gasteiger partial charge is 0.243 e. The van der Waals surface area contributed by atoms with Gasteiger partial charge in [0.2, 0.25) is 11.8 Å². The molecule has 1 heterocycles.